The van der Waals surface area contributed by atoms with E-state index in [1.165, 1.54) is 4.70 Å². The van der Waals surface area contributed by atoms with E-state index in [0.717, 1.165) is 27.1 Å². The van der Waals surface area contributed by atoms with E-state index in [1.807, 2.05) is 36.4 Å². The van der Waals surface area contributed by atoms with Crippen molar-refractivity contribution in [3.05, 3.63) is 52.9 Å². The van der Waals surface area contributed by atoms with Gasteiger partial charge in [0, 0.05) is 19.7 Å². The van der Waals surface area contributed by atoms with Gasteiger partial charge < -0.3 is 0 Å². The number of benzene rings is 2. The molecule has 0 aliphatic rings. The number of imidazole rings is 1. The van der Waals surface area contributed by atoms with Gasteiger partial charge in [-0.25, -0.2) is 9.78 Å². The lowest BCUT2D eigenvalue weighted by Crippen LogP contribution is -2.19. The molecule has 21 heavy (non-hydrogen) atoms. The van der Waals surface area contributed by atoms with Crippen molar-refractivity contribution >= 4 is 32.6 Å². The van der Waals surface area contributed by atoms with Gasteiger partial charge in [0.1, 0.15) is 5.01 Å². The van der Waals surface area contributed by atoms with E-state index in [9.17, 15) is 4.79 Å². The minimum atomic E-state index is -0.00792. The third-order valence-corrected chi connectivity index (χ3v) is 4.90. The first kappa shape index (κ1) is 12.3. The largest absolute Gasteiger partial charge is 0.328 e. The number of aryl methyl sites for hydroxylation is 2. The van der Waals surface area contributed by atoms with Crippen LogP contribution in [0.1, 0.15) is 0 Å². The lowest BCUT2D eigenvalue weighted by Gasteiger charge is -1.99. The van der Waals surface area contributed by atoms with E-state index < -0.39 is 0 Å². The van der Waals surface area contributed by atoms with Crippen LogP contribution in [0.25, 0.3) is 31.8 Å². The van der Waals surface area contributed by atoms with Crippen LogP contribution in [0, 0.1) is 0 Å². The van der Waals surface area contributed by atoms with Crippen LogP contribution in [-0.2, 0) is 14.1 Å². The van der Waals surface area contributed by atoms with Gasteiger partial charge in [0.25, 0.3) is 0 Å². The van der Waals surface area contributed by atoms with Gasteiger partial charge in [0.2, 0.25) is 0 Å². The summed E-state index contributed by atoms with van der Waals surface area (Å²) in [4.78, 5) is 16.7. The number of hydrogen-bond donors (Lipinski definition) is 0. The first-order valence-corrected chi connectivity index (χ1v) is 7.48. The summed E-state index contributed by atoms with van der Waals surface area (Å²) in [5, 5.41) is 0.981. The Bertz CT molecular complexity index is 1010. The van der Waals surface area contributed by atoms with Gasteiger partial charge in [-0.1, -0.05) is 12.1 Å². The molecular weight excluding hydrogens is 282 g/mol. The van der Waals surface area contributed by atoms with E-state index in [0.29, 0.717) is 0 Å². The third kappa shape index (κ3) is 1.74. The van der Waals surface area contributed by atoms with Gasteiger partial charge in [-0.05, 0) is 30.3 Å². The summed E-state index contributed by atoms with van der Waals surface area (Å²) in [5.41, 5.74) is 3.92. The Labute approximate surface area is 124 Å². The summed E-state index contributed by atoms with van der Waals surface area (Å²) < 4.78 is 4.51. The first-order valence-electron chi connectivity index (χ1n) is 6.66. The van der Waals surface area contributed by atoms with Crippen LogP contribution in [0.15, 0.2) is 47.3 Å². The summed E-state index contributed by atoms with van der Waals surface area (Å²) in [5.74, 6) is 0. The number of thiazole rings is 1. The predicted molar refractivity (Wildman–Crippen MR) is 86.8 cm³/mol. The van der Waals surface area contributed by atoms with Crippen LogP contribution in [0.5, 0.6) is 0 Å². The second-order valence-corrected chi connectivity index (χ2v) is 6.12. The monoisotopic (exact) mass is 295 g/mol. The highest BCUT2D eigenvalue weighted by Gasteiger charge is 2.11. The number of para-hydroxylation sites is 1. The molecule has 5 heteroatoms. The Balaban J connectivity index is 1.98. The Morgan fingerprint density at radius 2 is 1.76 bits per heavy atom. The molecule has 0 spiro atoms. The summed E-state index contributed by atoms with van der Waals surface area (Å²) in [7, 11) is 3.59. The molecule has 2 aromatic heterocycles. The van der Waals surface area contributed by atoms with Crippen molar-refractivity contribution in [2.45, 2.75) is 0 Å². The molecule has 0 bridgehead atoms. The molecule has 0 amide bonds. The fourth-order valence-corrected chi connectivity index (χ4v) is 3.60. The van der Waals surface area contributed by atoms with Gasteiger partial charge in [-0.3, -0.25) is 9.13 Å². The van der Waals surface area contributed by atoms with Crippen molar-refractivity contribution in [3.63, 3.8) is 0 Å². The van der Waals surface area contributed by atoms with Crippen LogP contribution >= 0.6 is 11.3 Å². The van der Waals surface area contributed by atoms with Crippen molar-refractivity contribution in [2.24, 2.45) is 14.1 Å². The van der Waals surface area contributed by atoms with Crippen molar-refractivity contribution in [1.29, 1.82) is 0 Å². The van der Waals surface area contributed by atoms with Gasteiger partial charge >= 0.3 is 5.69 Å². The zero-order valence-corrected chi connectivity index (χ0v) is 12.5. The highest BCUT2D eigenvalue weighted by Crippen LogP contribution is 2.31. The van der Waals surface area contributed by atoms with Crippen LogP contribution in [0.4, 0.5) is 0 Å². The molecule has 0 unspecified atom stereocenters. The predicted octanol–water partition coefficient (Wildman–Crippen LogP) is 3.15. The molecule has 0 saturated heterocycles. The lowest BCUT2D eigenvalue weighted by atomic mass is 10.2. The summed E-state index contributed by atoms with van der Waals surface area (Å²) >= 11 is 1.67. The summed E-state index contributed by atoms with van der Waals surface area (Å²) in [6, 6.07) is 14.2. The minimum Gasteiger partial charge on any atom is -0.295 e. The Morgan fingerprint density at radius 1 is 1.00 bits per heavy atom. The molecule has 0 radical (unpaired) electrons. The first-order chi connectivity index (χ1) is 10.1. The van der Waals surface area contributed by atoms with Crippen molar-refractivity contribution in [2.75, 3.05) is 0 Å². The molecule has 4 aromatic rings. The Morgan fingerprint density at radius 3 is 2.57 bits per heavy atom. The average Bonchev–Trinajstić information content (AvgIpc) is 3.03. The second-order valence-electron chi connectivity index (χ2n) is 5.09. The van der Waals surface area contributed by atoms with Gasteiger partial charge in [-0.2, -0.15) is 0 Å². The fraction of sp³-hybridized carbons (Fsp3) is 0.125. The smallest absolute Gasteiger partial charge is 0.295 e. The number of fused-ring (bicyclic) bond motifs is 2. The normalized spacial score (nSPS) is 11.5. The van der Waals surface area contributed by atoms with E-state index in [2.05, 4.69) is 11.1 Å². The molecule has 2 heterocycles. The number of aromatic nitrogens is 3. The van der Waals surface area contributed by atoms with E-state index in [1.54, 1.807) is 34.6 Å². The maximum atomic E-state index is 12.0. The number of rotatable bonds is 1. The molecule has 0 atom stereocenters. The van der Waals surface area contributed by atoms with E-state index in [-0.39, 0.29) is 5.69 Å². The molecule has 0 saturated carbocycles. The Hall–Kier alpha value is -2.40. The fourth-order valence-electron chi connectivity index (χ4n) is 2.64. The van der Waals surface area contributed by atoms with E-state index >= 15 is 0 Å². The second kappa shape index (κ2) is 4.30. The minimum absolute atomic E-state index is 0.00792. The van der Waals surface area contributed by atoms with Crippen LogP contribution < -0.4 is 5.69 Å². The maximum Gasteiger partial charge on any atom is 0.328 e. The highest BCUT2D eigenvalue weighted by molar-refractivity contribution is 7.21. The van der Waals surface area contributed by atoms with Crippen molar-refractivity contribution in [3.8, 4) is 10.6 Å². The van der Waals surface area contributed by atoms with Crippen molar-refractivity contribution < 1.29 is 0 Å². The topological polar surface area (TPSA) is 39.8 Å². The van der Waals surface area contributed by atoms with Gasteiger partial charge in [0.05, 0.1) is 21.3 Å². The van der Waals surface area contributed by atoms with Crippen LogP contribution in [-0.4, -0.2) is 14.1 Å². The van der Waals surface area contributed by atoms with Crippen molar-refractivity contribution in [1.82, 2.24) is 14.1 Å². The molecule has 4 nitrogen and oxygen atoms in total. The molecule has 0 aliphatic heterocycles. The zero-order chi connectivity index (χ0) is 14.6. The molecule has 2 aromatic carbocycles. The standard InChI is InChI=1S/C16H13N3OS/c1-18-12-8-7-10(9-13(12)19(2)16(18)20)15-17-11-5-3-4-6-14(11)21-15/h3-9H,1-2H3. The quantitative estimate of drug-likeness (QED) is 0.541. The molecule has 4 rings (SSSR count). The zero-order valence-electron chi connectivity index (χ0n) is 11.7. The van der Waals surface area contributed by atoms with Gasteiger partial charge in [0.15, 0.2) is 0 Å². The van der Waals surface area contributed by atoms with Gasteiger partial charge in [-0.15, -0.1) is 11.3 Å². The molecule has 0 N–H and O–H groups in total. The highest BCUT2D eigenvalue weighted by atomic mass is 32.1. The number of nitrogens with zero attached hydrogens (tertiary/aromatic N) is 3. The number of hydrogen-bond acceptors (Lipinski definition) is 3. The van der Waals surface area contributed by atoms with E-state index in [4.69, 9.17) is 0 Å². The molecule has 0 fully saturated rings. The van der Waals surface area contributed by atoms with Crippen LogP contribution in [0.3, 0.4) is 0 Å². The Kier molecular flexibility index (Phi) is 2.53. The SMILES string of the molecule is Cn1c(=O)n(C)c2cc(-c3nc4ccccc4s3)ccc21. The average molecular weight is 295 g/mol. The molecule has 104 valence electrons. The van der Waals surface area contributed by atoms with Crippen LogP contribution in [0.2, 0.25) is 0 Å². The lowest BCUT2D eigenvalue weighted by molar-refractivity contribution is 0.795. The molecular formula is C16H13N3OS. The maximum absolute atomic E-state index is 12.0. The molecule has 0 aliphatic carbocycles. The summed E-state index contributed by atoms with van der Waals surface area (Å²) in [6.07, 6.45) is 0. The third-order valence-electron chi connectivity index (χ3n) is 3.81. The summed E-state index contributed by atoms with van der Waals surface area (Å²) in [6.45, 7) is 0.